The van der Waals surface area contributed by atoms with Crippen molar-refractivity contribution in [3.63, 3.8) is 0 Å². The standard InChI is InChI=1S/C16H18N2O2/c1-13(17-12-14-8-4-2-5-9-14)16(19)18(20)15-10-6-3-7-11-15/h2-11,13,17,20H,12H2,1H3/t13-/m0/s1. The van der Waals surface area contributed by atoms with Gasteiger partial charge in [0.15, 0.2) is 0 Å². The molecule has 20 heavy (non-hydrogen) atoms. The molecule has 2 aromatic rings. The maximum atomic E-state index is 12.1. The highest BCUT2D eigenvalue weighted by atomic mass is 16.5. The lowest BCUT2D eigenvalue weighted by atomic mass is 10.2. The third-order valence-corrected chi connectivity index (χ3v) is 3.04. The first-order valence-electron chi connectivity index (χ1n) is 6.53. The van der Waals surface area contributed by atoms with Crippen LogP contribution >= 0.6 is 0 Å². The number of nitrogens with one attached hydrogen (secondary N) is 1. The van der Waals surface area contributed by atoms with Crippen molar-refractivity contribution in [1.82, 2.24) is 5.32 Å². The monoisotopic (exact) mass is 270 g/mol. The highest BCUT2D eigenvalue weighted by molar-refractivity contribution is 5.94. The summed E-state index contributed by atoms with van der Waals surface area (Å²) in [5.74, 6) is -0.382. The van der Waals surface area contributed by atoms with E-state index in [4.69, 9.17) is 0 Å². The van der Waals surface area contributed by atoms with Crippen molar-refractivity contribution < 1.29 is 10.0 Å². The molecule has 0 unspecified atom stereocenters. The van der Waals surface area contributed by atoms with Crippen LogP contribution in [0.15, 0.2) is 60.7 Å². The number of hydrogen-bond acceptors (Lipinski definition) is 3. The van der Waals surface area contributed by atoms with E-state index in [1.807, 2.05) is 36.4 Å². The molecule has 0 spiro atoms. The summed E-state index contributed by atoms with van der Waals surface area (Å²) in [4.78, 5) is 12.1. The zero-order valence-electron chi connectivity index (χ0n) is 11.4. The molecule has 0 saturated carbocycles. The lowest BCUT2D eigenvalue weighted by molar-refractivity contribution is -0.125. The van der Waals surface area contributed by atoms with Gasteiger partial charge in [0.2, 0.25) is 0 Å². The molecule has 0 radical (unpaired) electrons. The second-order valence-electron chi connectivity index (χ2n) is 4.57. The van der Waals surface area contributed by atoms with Gasteiger partial charge in [0.1, 0.15) is 0 Å². The van der Waals surface area contributed by atoms with Crippen LogP contribution in [0.1, 0.15) is 12.5 Å². The molecular formula is C16H18N2O2. The molecule has 0 saturated heterocycles. The van der Waals surface area contributed by atoms with Gasteiger partial charge in [-0.2, -0.15) is 5.06 Å². The van der Waals surface area contributed by atoms with Crippen molar-refractivity contribution in [2.24, 2.45) is 0 Å². The number of nitrogens with zero attached hydrogens (tertiary/aromatic N) is 1. The zero-order valence-corrected chi connectivity index (χ0v) is 11.4. The number of hydrogen-bond donors (Lipinski definition) is 2. The summed E-state index contributed by atoms with van der Waals surface area (Å²) < 4.78 is 0. The normalized spacial score (nSPS) is 11.9. The summed E-state index contributed by atoms with van der Waals surface area (Å²) in [5.41, 5.74) is 1.56. The summed E-state index contributed by atoms with van der Waals surface area (Å²) in [7, 11) is 0. The number of benzene rings is 2. The van der Waals surface area contributed by atoms with Crippen molar-refractivity contribution in [3.8, 4) is 0 Å². The summed E-state index contributed by atoms with van der Waals surface area (Å²) in [6, 6.07) is 18.1. The summed E-state index contributed by atoms with van der Waals surface area (Å²) in [6.07, 6.45) is 0. The maximum Gasteiger partial charge on any atom is 0.267 e. The average molecular weight is 270 g/mol. The van der Waals surface area contributed by atoms with Crippen LogP contribution in [0.4, 0.5) is 5.69 Å². The third kappa shape index (κ3) is 3.66. The second kappa shape index (κ2) is 6.84. The lowest BCUT2D eigenvalue weighted by Crippen LogP contribution is -2.43. The Morgan fingerprint density at radius 1 is 1.10 bits per heavy atom. The minimum Gasteiger partial charge on any atom is -0.302 e. The Labute approximate surface area is 118 Å². The molecule has 0 aliphatic carbocycles. The minimum atomic E-state index is -0.472. The van der Waals surface area contributed by atoms with Gasteiger partial charge in [0, 0.05) is 6.54 Å². The molecule has 4 heteroatoms. The van der Waals surface area contributed by atoms with E-state index in [1.54, 1.807) is 31.2 Å². The van der Waals surface area contributed by atoms with Gasteiger partial charge in [-0.25, -0.2) is 0 Å². The molecule has 0 fully saturated rings. The lowest BCUT2D eigenvalue weighted by Gasteiger charge is -2.20. The SMILES string of the molecule is C[C@H](NCc1ccccc1)C(=O)N(O)c1ccccc1. The van der Waals surface area contributed by atoms with Crippen molar-refractivity contribution in [2.45, 2.75) is 19.5 Å². The molecule has 2 aromatic carbocycles. The molecule has 2 N–H and O–H groups in total. The fourth-order valence-corrected chi connectivity index (χ4v) is 1.83. The highest BCUT2D eigenvalue weighted by Gasteiger charge is 2.19. The Balaban J connectivity index is 1.92. The molecule has 0 aliphatic heterocycles. The average Bonchev–Trinajstić information content (AvgIpc) is 2.53. The van der Waals surface area contributed by atoms with Crippen LogP contribution in [0.3, 0.4) is 0 Å². The molecular weight excluding hydrogens is 252 g/mol. The fourth-order valence-electron chi connectivity index (χ4n) is 1.83. The Morgan fingerprint density at radius 3 is 2.25 bits per heavy atom. The number of amides is 1. The predicted octanol–water partition coefficient (Wildman–Crippen LogP) is 2.59. The van der Waals surface area contributed by atoms with Crippen molar-refractivity contribution in [3.05, 3.63) is 66.2 Å². The van der Waals surface area contributed by atoms with Crippen molar-refractivity contribution in [2.75, 3.05) is 5.06 Å². The van der Waals surface area contributed by atoms with E-state index < -0.39 is 6.04 Å². The first kappa shape index (κ1) is 14.2. The molecule has 1 amide bonds. The zero-order chi connectivity index (χ0) is 14.4. The molecule has 0 aliphatic rings. The highest BCUT2D eigenvalue weighted by Crippen LogP contribution is 2.12. The van der Waals surface area contributed by atoms with Gasteiger partial charge in [-0.15, -0.1) is 0 Å². The Kier molecular flexibility index (Phi) is 4.87. The largest absolute Gasteiger partial charge is 0.302 e. The first-order valence-corrected chi connectivity index (χ1v) is 6.53. The summed E-state index contributed by atoms with van der Waals surface area (Å²) >= 11 is 0. The Hall–Kier alpha value is -2.17. The molecule has 0 bridgehead atoms. The van der Waals surface area contributed by atoms with E-state index >= 15 is 0 Å². The van der Waals surface area contributed by atoms with Crippen LogP contribution in [0.25, 0.3) is 0 Å². The fraction of sp³-hybridized carbons (Fsp3) is 0.188. The van der Waals surface area contributed by atoms with E-state index in [-0.39, 0.29) is 5.91 Å². The summed E-state index contributed by atoms with van der Waals surface area (Å²) in [6.45, 7) is 2.31. The van der Waals surface area contributed by atoms with Crippen LogP contribution in [0.5, 0.6) is 0 Å². The van der Waals surface area contributed by atoms with Gasteiger partial charge < -0.3 is 5.32 Å². The van der Waals surface area contributed by atoms with Crippen LogP contribution < -0.4 is 10.4 Å². The molecule has 1 atom stereocenters. The van der Waals surface area contributed by atoms with Gasteiger partial charge in [0.05, 0.1) is 11.7 Å². The van der Waals surface area contributed by atoms with Crippen LogP contribution in [-0.4, -0.2) is 17.2 Å². The number of para-hydroxylation sites is 1. The van der Waals surface area contributed by atoms with E-state index in [1.165, 1.54) is 0 Å². The van der Waals surface area contributed by atoms with Crippen LogP contribution in [0.2, 0.25) is 0 Å². The topological polar surface area (TPSA) is 52.6 Å². The van der Waals surface area contributed by atoms with Gasteiger partial charge >= 0.3 is 0 Å². The number of anilines is 1. The minimum absolute atomic E-state index is 0.382. The van der Waals surface area contributed by atoms with Gasteiger partial charge in [-0.3, -0.25) is 10.0 Å². The molecule has 0 heterocycles. The Bertz CT molecular complexity index is 543. The maximum absolute atomic E-state index is 12.1. The van der Waals surface area contributed by atoms with Crippen molar-refractivity contribution >= 4 is 11.6 Å². The van der Waals surface area contributed by atoms with E-state index in [0.717, 1.165) is 5.56 Å². The number of carbonyl (C=O) groups is 1. The molecule has 0 aromatic heterocycles. The van der Waals surface area contributed by atoms with E-state index in [2.05, 4.69) is 5.32 Å². The van der Waals surface area contributed by atoms with Crippen molar-refractivity contribution in [1.29, 1.82) is 0 Å². The van der Waals surface area contributed by atoms with E-state index in [9.17, 15) is 10.0 Å². The number of carbonyl (C=O) groups excluding carboxylic acids is 1. The molecule has 4 nitrogen and oxygen atoms in total. The smallest absolute Gasteiger partial charge is 0.267 e. The van der Waals surface area contributed by atoms with Gasteiger partial charge in [0.25, 0.3) is 5.91 Å². The first-order chi connectivity index (χ1) is 9.68. The predicted molar refractivity (Wildman–Crippen MR) is 78.5 cm³/mol. The number of hydroxylamine groups is 1. The van der Waals surface area contributed by atoms with Gasteiger partial charge in [-0.05, 0) is 24.6 Å². The van der Waals surface area contributed by atoms with Gasteiger partial charge in [-0.1, -0.05) is 48.5 Å². The Morgan fingerprint density at radius 2 is 1.65 bits per heavy atom. The van der Waals surface area contributed by atoms with E-state index in [0.29, 0.717) is 17.3 Å². The third-order valence-electron chi connectivity index (χ3n) is 3.04. The summed E-state index contributed by atoms with van der Waals surface area (Å²) in [5, 5.41) is 13.7. The van der Waals surface area contributed by atoms with Crippen LogP contribution in [-0.2, 0) is 11.3 Å². The van der Waals surface area contributed by atoms with Crippen LogP contribution in [0, 0.1) is 0 Å². The second-order valence-corrected chi connectivity index (χ2v) is 4.57. The molecule has 2 rings (SSSR count). The quantitative estimate of drug-likeness (QED) is 0.648. The molecule has 104 valence electrons. The number of rotatable bonds is 5.